The first-order valence-corrected chi connectivity index (χ1v) is 10.3. The van der Waals surface area contributed by atoms with Crippen molar-refractivity contribution in [2.75, 3.05) is 19.7 Å². The second-order valence-electron chi connectivity index (χ2n) is 7.18. The molecule has 1 unspecified atom stereocenters. The van der Waals surface area contributed by atoms with Crippen LogP contribution >= 0.6 is 0 Å². The van der Waals surface area contributed by atoms with Crippen LogP contribution in [0.3, 0.4) is 0 Å². The summed E-state index contributed by atoms with van der Waals surface area (Å²) in [5.74, 6) is 2.27. The lowest BCUT2D eigenvalue weighted by Crippen LogP contribution is -2.38. The summed E-state index contributed by atoms with van der Waals surface area (Å²) in [5.41, 5.74) is 3.73. The molecule has 1 aromatic heterocycles. The van der Waals surface area contributed by atoms with Crippen molar-refractivity contribution >= 4 is 5.96 Å². The number of nitrogens with zero attached hydrogens (tertiary/aromatic N) is 2. The van der Waals surface area contributed by atoms with Crippen molar-refractivity contribution in [3.05, 3.63) is 52.7 Å². The fourth-order valence-corrected chi connectivity index (χ4v) is 3.48. The molecule has 0 amide bonds. The van der Waals surface area contributed by atoms with Gasteiger partial charge in [0.05, 0.1) is 11.8 Å². The van der Waals surface area contributed by atoms with Crippen LogP contribution in [0.25, 0.3) is 0 Å². The van der Waals surface area contributed by atoms with Crippen molar-refractivity contribution in [2.45, 2.75) is 59.1 Å². The molecule has 2 aromatic rings. The van der Waals surface area contributed by atoms with Crippen molar-refractivity contribution in [1.29, 1.82) is 0 Å². The van der Waals surface area contributed by atoms with E-state index in [0.29, 0.717) is 12.4 Å². The quantitative estimate of drug-likeness (QED) is 0.411. The summed E-state index contributed by atoms with van der Waals surface area (Å²) < 4.78 is 11.8. The van der Waals surface area contributed by atoms with Gasteiger partial charge in [0.15, 0.2) is 5.96 Å². The van der Waals surface area contributed by atoms with Gasteiger partial charge in [-0.2, -0.15) is 0 Å². The van der Waals surface area contributed by atoms with Gasteiger partial charge in [0.2, 0.25) is 5.89 Å². The van der Waals surface area contributed by atoms with Crippen LogP contribution in [0.15, 0.2) is 33.7 Å². The van der Waals surface area contributed by atoms with E-state index in [1.54, 1.807) is 0 Å². The lowest BCUT2D eigenvalue weighted by Gasteiger charge is -2.25. The molecule has 1 atom stereocenters. The third-order valence-electron chi connectivity index (χ3n) is 5.04. The van der Waals surface area contributed by atoms with Gasteiger partial charge in [-0.05, 0) is 57.6 Å². The van der Waals surface area contributed by atoms with E-state index in [9.17, 15) is 0 Å². The average Bonchev–Trinajstić information content (AvgIpc) is 3.03. The van der Waals surface area contributed by atoms with Gasteiger partial charge < -0.3 is 19.8 Å². The van der Waals surface area contributed by atoms with Crippen LogP contribution < -0.4 is 10.6 Å². The summed E-state index contributed by atoms with van der Waals surface area (Å²) in [4.78, 5) is 8.93. The largest absolute Gasteiger partial charge is 0.444 e. The normalized spacial score (nSPS) is 16.7. The highest BCUT2D eigenvalue weighted by Gasteiger charge is 2.19. The molecule has 28 heavy (non-hydrogen) atoms. The maximum absolute atomic E-state index is 6.17. The van der Waals surface area contributed by atoms with Crippen LogP contribution in [0, 0.1) is 13.8 Å². The number of hydrogen-bond acceptors (Lipinski definition) is 4. The van der Waals surface area contributed by atoms with Crippen molar-refractivity contribution < 1.29 is 9.15 Å². The van der Waals surface area contributed by atoms with Crippen molar-refractivity contribution in [2.24, 2.45) is 4.99 Å². The van der Waals surface area contributed by atoms with Gasteiger partial charge in [-0.25, -0.2) is 9.98 Å². The summed E-state index contributed by atoms with van der Waals surface area (Å²) in [6.07, 6.45) is 4.66. The topological polar surface area (TPSA) is 71.7 Å². The predicted octanol–water partition coefficient (Wildman–Crippen LogP) is 3.83. The maximum atomic E-state index is 6.17. The van der Waals surface area contributed by atoms with Crippen LogP contribution in [0.5, 0.6) is 0 Å². The summed E-state index contributed by atoms with van der Waals surface area (Å²) in [6.45, 7) is 8.71. The lowest BCUT2D eigenvalue weighted by atomic mass is 9.89. The SMILES string of the molecule is CCNC(=NCc1nc(C)c(C)o1)NCCCOC1CCCc2ccccc21. The van der Waals surface area contributed by atoms with Crippen LogP contribution in [-0.4, -0.2) is 30.6 Å². The van der Waals surface area contributed by atoms with Gasteiger partial charge in [0, 0.05) is 19.7 Å². The first kappa shape index (κ1) is 20.4. The number of ether oxygens (including phenoxy) is 1. The van der Waals surface area contributed by atoms with Crippen LogP contribution in [0.2, 0.25) is 0 Å². The zero-order valence-electron chi connectivity index (χ0n) is 17.3. The molecular weight excluding hydrogens is 352 g/mol. The fourth-order valence-electron chi connectivity index (χ4n) is 3.48. The zero-order chi connectivity index (χ0) is 19.8. The average molecular weight is 385 g/mol. The first-order chi connectivity index (χ1) is 13.7. The molecule has 2 N–H and O–H groups in total. The zero-order valence-corrected chi connectivity index (χ0v) is 17.3. The molecule has 1 aromatic carbocycles. The van der Waals surface area contributed by atoms with Crippen molar-refractivity contribution in [3.63, 3.8) is 0 Å². The number of fused-ring (bicyclic) bond motifs is 1. The van der Waals surface area contributed by atoms with Gasteiger partial charge >= 0.3 is 0 Å². The molecule has 6 heteroatoms. The molecule has 0 spiro atoms. The van der Waals surface area contributed by atoms with E-state index in [0.717, 1.165) is 50.0 Å². The number of hydrogen-bond donors (Lipinski definition) is 2. The van der Waals surface area contributed by atoms with Gasteiger partial charge in [0.1, 0.15) is 12.3 Å². The first-order valence-electron chi connectivity index (χ1n) is 10.3. The van der Waals surface area contributed by atoms with Gasteiger partial charge in [-0.3, -0.25) is 0 Å². The maximum Gasteiger partial charge on any atom is 0.216 e. The number of guanidine groups is 1. The van der Waals surface area contributed by atoms with E-state index < -0.39 is 0 Å². The Morgan fingerprint density at radius 1 is 1.29 bits per heavy atom. The number of aromatic nitrogens is 1. The minimum absolute atomic E-state index is 0.239. The molecule has 0 saturated heterocycles. The van der Waals surface area contributed by atoms with E-state index >= 15 is 0 Å². The molecule has 0 radical (unpaired) electrons. The molecular formula is C22H32N4O2. The van der Waals surface area contributed by atoms with Crippen LogP contribution in [0.1, 0.15) is 60.8 Å². The Kier molecular flexibility index (Phi) is 7.48. The Balaban J connectivity index is 1.42. The number of benzene rings is 1. The number of oxazole rings is 1. The standard InChI is InChI=1S/C22H32N4O2/c1-4-23-22(25-15-21-26-16(2)17(3)28-21)24-13-8-14-27-20-12-7-10-18-9-5-6-11-19(18)20/h5-6,9,11,20H,4,7-8,10,12-15H2,1-3H3,(H2,23,24,25). The Hall–Kier alpha value is -2.34. The van der Waals surface area contributed by atoms with Crippen LogP contribution in [-0.2, 0) is 17.7 Å². The summed E-state index contributed by atoms with van der Waals surface area (Å²) in [6, 6.07) is 8.66. The van der Waals surface area contributed by atoms with Gasteiger partial charge in [-0.1, -0.05) is 24.3 Å². The molecule has 3 rings (SSSR count). The van der Waals surface area contributed by atoms with E-state index in [2.05, 4.69) is 51.8 Å². The Morgan fingerprint density at radius 2 is 2.14 bits per heavy atom. The third kappa shape index (κ3) is 5.58. The lowest BCUT2D eigenvalue weighted by molar-refractivity contribution is 0.0398. The summed E-state index contributed by atoms with van der Waals surface area (Å²) in [5, 5.41) is 6.61. The fraction of sp³-hybridized carbons (Fsp3) is 0.545. The molecule has 0 bridgehead atoms. The minimum atomic E-state index is 0.239. The highest BCUT2D eigenvalue weighted by atomic mass is 16.5. The molecule has 6 nitrogen and oxygen atoms in total. The third-order valence-corrected chi connectivity index (χ3v) is 5.04. The molecule has 0 fully saturated rings. The van der Waals surface area contributed by atoms with Crippen molar-refractivity contribution in [3.8, 4) is 0 Å². The van der Waals surface area contributed by atoms with Crippen LogP contribution in [0.4, 0.5) is 0 Å². The molecule has 1 aliphatic carbocycles. The predicted molar refractivity (Wildman–Crippen MR) is 111 cm³/mol. The van der Waals surface area contributed by atoms with Gasteiger partial charge in [-0.15, -0.1) is 0 Å². The van der Waals surface area contributed by atoms with E-state index in [4.69, 9.17) is 9.15 Å². The minimum Gasteiger partial charge on any atom is -0.444 e. The van der Waals surface area contributed by atoms with Gasteiger partial charge in [0.25, 0.3) is 0 Å². The van der Waals surface area contributed by atoms with E-state index in [-0.39, 0.29) is 6.10 Å². The number of nitrogens with one attached hydrogen (secondary N) is 2. The number of aryl methyl sites for hydroxylation is 3. The monoisotopic (exact) mass is 384 g/mol. The molecule has 1 heterocycles. The highest BCUT2D eigenvalue weighted by molar-refractivity contribution is 5.79. The Morgan fingerprint density at radius 3 is 2.93 bits per heavy atom. The molecule has 1 aliphatic rings. The summed E-state index contributed by atoms with van der Waals surface area (Å²) in [7, 11) is 0. The van der Waals surface area contributed by atoms with E-state index in [1.165, 1.54) is 24.0 Å². The molecule has 0 aliphatic heterocycles. The molecule has 0 saturated carbocycles. The highest BCUT2D eigenvalue weighted by Crippen LogP contribution is 2.32. The number of aliphatic imine (C=N–C) groups is 1. The smallest absolute Gasteiger partial charge is 0.216 e. The Bertz CT molecular complexity index is 765. The second-order valence-corrected chi connectivity index (χ2v) is 7.18. The number of rotatable bonds is 8. The Labute approximate surface area is 167 Å². The van der Waals surface area contributed by atoms with Crippen molar-refractivity contribution in [1.82, 2.24) is 15.6 Å². The molecule has 152 valence electrons. The summed E-state index contributed by atoms with van der Waals surface area (Å²) >= 11 is 0. The van der Waals surface area contributed by atoms with E-state index in [1.807, 2.05) is 13.8 Å². The second kappa shape index (κ2) is 10.3.